The predicted octanol–water partition coefficient (Wildman–Crippen LogP) is -0.743. The number of hydrogen-bond donors (Lipinski definition) is 3. The molecule has 0 saturated carbocycles. The molecule has 18 heavy (non-hydrogen) atoms. The van der Waals surface area contributed by atoms with Gasteiger partial charge in [-0.3, -0.25) is 4.79 Å². The van der Waals surface area contributed by atoms with Crippen LogP contribution in [0.5, 0.6) is 0 Å². The topological polar surface area (TPSA) is 126 Å². The van der Waals surface area contributed by atoms with Crippen LogP contribution in [-0.2, 0) is 10.0 Å². The second-order valence-electron chi connectivity index (χ2n) is 3.25. The van der Waals surface area contributed by atoms with E-state index in [1.54, 1.807) is 0 Å². The van der Waals surface area contributed by atoms with Gasteiger partial charge in [-0.05, 0) is 19.2 Å². The maximum absolute atomic E-state index is 11.4. The van der Waals surface area contributed by atoms with Gasteiger partial charge in [0.2, 0.25) is 15.8 Å². The molecule has 1 rings (SSSR count). The lowest BCUT2D eigenvalue weighted by Crippen LogP contribution is -2.32. The van der Waals surface area contributed by atoms with Gasteiger partial charge in [-0.15, -0.1) is 0 Å². The predicted molar refractivity (Wildman–Crippen MR) is 60.8 cm³/mol. The summed E-state index contributed by atoms with van der Waals surface area (Å²) in [4.78, 5) is 21.9. The number of amides is 1. The molecule has 0 aromatic carbocycles. The first-order valence-electron chi connectivity index (χ1n) is 4.88. The highest BCUT2D eigenvalue weighted by atomic mass is 32.2. The third-order valence-corrected chi connectivity index (χ3v) is 3.37. The summed E-state index contributed by atoms with van der Waals surface area (Å²) in [5.41, 5.74) is 0. The van der Waals surface area contributed by atoms with Gasteiger partial charge in [0.05, 0.1) is 5.75 Å². The Morgan fingerprint density at radius 1 is 1.33 bits per heavy atom. The molecular formula is C9H12N2O6S. The Morgan fingerprint density at radius 3 is 2.44 bits per heavy atom. The second kappa shape index (κ2) is 5.65. The van der Waals surface area contributed by atoms with Gasteiger partial charge < -0.3 is 14.8 Å². The van der Waals surface area contributed by atoms with Gasteiger partial charge in [-0.2, -0.15) is 0 Å². The zero-order valence-corrected chi connectivity index (χ0v) is 10.3. The van der Waals surface area contributed by atoms with Gasteiger partial charge in [0.1, 0.15) is 0 Å². The molecule has 0 atom stereocenters. The normalized spacial score (nSPS) is 11.2. The van der Waals surface area contributed by atoms with Gasteiger partial charge in [0.15, 0.2) is 5.76 Å². The minimum absolute atomic E-state index is 0.106. The van der Waals surface area contributed by atoms with Crippen LogP contribution in [0.2, 0.25) is 0 Å². The Morgan fingerprint density at radius 2 is 1.94 bits per heavy atom. The smallest absolute Gasteiger partial charge is 0.371 e. The Kier molecular flexibility index (Phi) is 4.45. The summed E-state index contributed by atoms with van der Waals surface area (Å²) in [6.07, 6.45) is 0. The number of carboxylic acid groups (broad SMARTS) is 1. The first-order chi connectivity index (χ1) is 8.35. The van der Waals surface area contributed by atoms with Crippen molar-refractivity contribution in [3.63, 3.8) is 0 Å². The summed E-state index contributed by atoms with van der Waals surface area (Å²) in [6, 6.07) is 2.34. The number of carbonyl (C=O) groups is 2. The van der Waals surface area contributed by atoms with Crippen molar-refractivity contribution in [1.82, 2.24) is 10.0 Å². The first kappa shape index (κ1) is 14.2. The van der Waals surface area contributed by atoms with E-state index in [1.807, 2.05) is 0 Å². The van der Waals surface area contributed by atoms with Crippen molar-refractivity contribution in [1.29, 1.82) is 0 Å². The van der Waals surface area contributed by atoms with Crippen LogP contribution < -0.4 is 10.0 Å². The van der Waals surface area contributed by atoms with Gasteiger partial charge in [-0.25, -0.2) is 17.9 Å². The average molecular weight is 276 g/mol. The lowest BCUT2D eigenvalue weighted by Gasteiger charge is -2.03. The van der Waals surface area contributed by atoms with Crippen molar-refractivity contribution in [2.75, 3.05) is 19.3 Å². The Labute approximate surface area is 103 Å². The molecule has 8 nitrogen and oxygen atoms in total. The van der Waals surface area contributed by atoms with Crippen LogP contribution in [-0.4, -0.2) is 44.7 Å². The van der Waals surface area contributed by atoms with Crippen molar-refractivity contribution < 1.29 is 27.5 Å². The quantitative estimate of drug-likeness (QED) is 0.628. The molecule has 100 valence electrons. The van der Waals surface area contributed by atoms with Gasteiger partial charge in [-0.1, -0.05) is 0 Å². The Bertz CT molecular complexity index is 547. The van der Waals surface area contributed by atoms with Gasteiger partial charge in [0.25, 0.3) is 5.91 Å². The number of rotatable bonds is 6. The summed E-state index contributed by atoms with van der Waals surface area (Å²) < 4.78 is 28.9. The molecule has 0 aliphatic rings. The monoisotopic (exact) mass is 276 g/mol. The average Bonchev–Trinajstić information content (AvgIpc) is 2.78. The molecule has 1 heterocycles. The number of sulfonamides is 1. The Balaban J connectivity index is 2.53. The minimum Gasteiger partial charge on any atom is -0.475 e. The first-order valence-corrected chi connectivity index (χ1v) is 6.53. The van der Waals surface area contributed by atoms with Crippen molar-refractivity contribution in [2.45, 2.75) is 0 Å². The van der Waals surface area contributed by atoms with Crippen LogP contribution in [0.25, 0.3) is 0 Å². The molecule has 0 fully saturated rings. The van der Waals surface area contributed by atoms with Gasteiger partial charge in [0, 0.05) is 6.54 Å². The molecule has 0 unspecified atom stereocenters. The number of carbonyl (C=O) groups excluding carboxylic acids is 1. The number of furan rings is 1. The number of carboxylic acids is 1. The summed E-state index contributed by atoms with van der Waals surface area (Å²) >= 11 is 0. The molecule has 0 saturated heterocycles. The summed E-state index contributed by atoms with van der Waals surface area (Å²) in [5, 5.41) is 10.9. The molecule has 1 aromatic heterocycles. The molecule has 1 amide bonds. The summed E-state index contributed by atoms with van der Waals surface area (Å²) in [7, 11) is -2.13. The SMILES string of the molecule is CNS(=O)(=O)CCNC(=O)c1ccc(C(=O)O)o1. The molecule has 0 bridgehead atoms. The maximum Gasteiger partial charge on any atom is 0.371 e. The van der Waals surface area contributed by atoms with Crippen molar-refractivity contribution in [2.24, 2.45) is 0 Å². The van der Waals surface area contributed by atoms with Gasteiger partial charge >= 0.3 is 5.97 Å². The molecular weight excluding hydrogens is 264 g/mol. The third kappa shape index (κ3) is 3.86. The number of nitrogens with one attached hydrogen (secondary N) is 2. The Hall–Kier alpha value is -1.87. The fourth-order valence-electron chi connectivity index (χ4n) is 1.06. The van der Waals surface area contributed by atoms with Crippen molar-refractivity contribution in [3.05, 3.63) is 23.7 Å². The largest absolute Gasteiger partial charge is 0.475 e. The third-order valence-electron chi connectivity index (χ3n) is 2.01. The highest BCUT2D eigenvalue weighted by Crippen LogP contribution is 2.07. The van der Waals surface area contributed by atoms with E-state index in [-0.39, 0.29) is 23.8 Å². The number of aromatic carboxylic acids is 1. The van der Waals surface area contributed by atoms with Crippen molar-refractivity contribution in [3.8, 4) is 0 Å². The van der Waals surface area contributed by atoms with E-state index in [9.17, 15) is 18.0 Å². The van der Waals surface area contributed by atoms with E-state index in [4.69, 9.17) is 9.52 Å². The summed E-state index contributed by atoms with van der Waals surface area (Å²) in [5.74, 6) is -2.78. The van der Waals surface area contributed by atoms with E-state index in [0.717, 1.165) is 6.07 Å². The molecule has 0 spiro atoms. The fourth-order valence-corrected chi connectivity index (χ4v) is 1.64. The van der Waals surface area contributed by atoms with E-state index < -0.39 is 21.9 Å². The van der Waals surface area contributed by atoms with Crippen LogP contribution in [0.3, 0.4) is 0 Å². The van der Waals surface area contributed by atoms with E-state index in [1.165, 1.54) is 13.1 Å². The zero-order chi connectivity index (χ0) is 13.8. The highest BCUT2D eigenvalue weighted by molar-refractivity contribution is 7.89. The van der Waals surface area contributed by atoms with Crippen LogP contribution >= 0.6 is 0 Å². The zero-order valence-electron chi connectivity index (χ0n) is 9.47. The molecule has 9 heteroatoms. The van der Waals surface area contributed by atoms with Crippen LogP contribution in [0.15, 0.2) is 16.5 Å². The van der Waals surface area contributed by atoms with Crippen molar-refractivity contribution >= 4 is 21.9 Å². The van der Waals surface area contributed by atoms with E-state index in [0.29, 0.717) is 0 Å². The van der Waals surface area contributed by atoms with E-state index >= 15 is 0 Å². The lowest BCUT2D eigenvalue weighted by molar-refractivity contribution is 0.0659. The fraction of sp³-hybridized carbons (Fsp3) is 0.333. The van der Waals surface area contributed by atoms with E-state index in [2.05, 4.69) is 10.0 Å². The van der Waals surface area contributed by atoms with Crippen LogP contribution in [0.1, 0.15) is 21.1 Å². The number of hydrogen-bond acceptors (Lipinski definition) is 5. The molecule has 3 N–H and O–H groups in total. The minimum atomic E-state index is -3.40. The molecule has 0 radical (unpaired) electrons. The maximum atomic E-state index is 11.4. The second-order valence-corrected chi connectivity index (χ2v) is 5.29. The summed E-state index contributed by atoms with van der Waals surface area (Å²) in [6.45, 7) is -0.106. The van der Waals surface area contributed by atoms with Crippen LogP contribution in [0, 0.1) is 0 Å². The molecule has 0 aliphatic heterocycles. The highest BCUT2D eigenvalue weighted by Gasteiger charge is 2.15. The standard InChI is InChI=1S/C9H12N2O6S/c1-10-18(15,16)5-4-11-8(12)6-2-3-7(17-6)9(13)14/h2-3,10H,4-5H2,1H3,(H,11,12)(H,13,14). The molecule has 1 aromatic rings. The van der Waals surface area contributed by atoms with Crippen LogP contribution in [0.4, 0.5) is 0 Å². The lowest BCUT2D eigenvalue weighted by atomic mass is 10.4. The molecule has 0 aliphatic carbocycles.